The van der Waals surface area contributed by atoms with Crippen molar-refractivity contribution in [3.05, 3.63) is 87.1 Å². The van der Waals surface area contributed by atoms with Gasteiger partial charge in [-0.1, -0.05) is 19.1 Å². The molecule has 2 heterocycles. The molecule has 0 aliphatic rings. The Bertz CT molecular complexity index is 1310. The van der Waals surface area contributed by atoms with Crippen molar-refractivity contribution in [1.82, 2.24) is 14.9 Å². The highest BCUT2D eigenvalue weighted by Crippen LogP contribution is 2.32. The van der Waals surface area contributed by atoms with Crippen molar-refractivity contribution in [3.63, 3.8) is 0 Å². The number of hydrogen-bond donors (Lipinski definition) is 1. The number of alkyl halides is 3. The molecule has 0 saturated carbocycles. The number of carbonyl (C=O) groups excluding carboxylic acids is 1. The Morgan fingerprint density at radius 2 is 1.88 bits per heavy atom. The maximum atomic E-state index is 13.3. The molecule has 1 amide bonds. The predicted octanol–water partition coefficient (Wildman–Crippen LogP) is 4.86. The van der Waals surface area contributed by atoms with E-state index in [1.807, 2.05) is 6.92 Å². The van der Waals surface area contributed by atoms with E-state index in [9.17, 15) is 22.8 Å². The van der Waals surface area contributed by atoms with E-state index in [4.69, 9.17) is 5.26 Å². The van der Waals surface area contributed by atoms with Gasteiger partial charge in [0.1, 0.15) is 11.3 Å². The number of aromatic nitrogens is 2. The van der Waals surface area contributed by atoms with E-state index in [-0.39, 0.29) is 29.3 Å². The minimum Gasteiger partial charge on any atom is -0.352 e. The molecule has 1 unspecified atom stereocenters. The number of pyridine rings is 2. The molecule has 1 aromatic carbocycles. The summed E-state index contributed by atoms with van der Waals surface area (Å²) >= 11 is 0. The van der Waals surface area contributed by atoms with Crippen LogP contribution in [0.3, 0.4) is 0 Å². The summed E-state index contributed by atoms with van der Waals surface area (Å²) in [6.45, 7) is 5.54. The van der Waals surface area contributed by atoms with Crippen LogP contribution in [0.4, 0.5) is 13.2 Å². The Morgan fingerprint density at radius 1 is 1.21 bits per heavy atom. The second-order valence-electron chi connectivity index (χ2n) is 7.68. The van der Waals surface area contributed by atoms with Crippen LogP contribution in [-0.2, 0) is 6.18 Å². The average Bonchev–Trinajstić information content (AvgIpc) is 2.81. The zero-order chi connectivity index (χ0) is 25.0. The number of nitrogens with one attached hydrogen (secondary N) is 1. The van der Waals surface area contributed by atoms with Gasteiger partial charge in [-0.05, 0) is 55.7 Å². The molecule has 2 aromatic heterocycles. The van der Waals surface area contributed by atoms with Crippen molar-refractivity contribution < 1.29 is 18.0 Å². The topological polar surface area (TPSA) is 87.8 Å². The first-order chi connectivity index (χ1) is 16.1. The monoisotopic (exact) mass is 468 g/mol. The van der Waals surface area contributed by atoms with Gasteiger partial charge in [-0.25, -0.2) is 0 Å². The average molecular weight is 468 g/mol. The maximum Gasteiger partial charge on any atom is 0.433 e. The molecule has 0 bridgehead atoms. The number of nitrogens with zero attached hydrogens (tertiary/aromatic N) is 3. The number of rotatable bonds is 6. The molecule has 0 spiro atoms. The normalized spacial score (nSPS) is 12.1. The van der Waals surface area contributed by atoms with Gasteiger partial charge in [0.05, 0.1) is 17.7 Å². The lowest BCUT2D eigenvalue weighted by Crippen LogP contribution is -2.32. The third-order valence-electron chi connectivity index (χ3n) is 5.56. The second kappa shape index (κ2) is 9.91. The van der Waals surface area contributed by atoms with Gasteiger partial charge < -0.3 is 9.88 Å². The van der Waals surface area contributed by atoms with Gasteiger partial charge in [-0.15, -0.1) is 0 Å². The van der Waals surface area contributed by atoms with Crippen molar-refractivity contribution in [2.75, 3.05) is 6.54 Å². The fourth-order valence-corrected chi connectivity index (χ4v) is 3.92. The summed E-state index contributed by atoms with van der Waals surface area (Å²) in [6, 6.07) is 10.8. The first kappa shape index (κ1) is 24.7. The zero-order valence-electron chi connectivity index (χ0n) is 18.9. The maximum absolute atomic E-state index is 13.3. The van der Waals surface area contributed by atoms with Crippen LogP contribution in [0.25, 0.3) is 11.1 Å². The summed E-state index contributed by atoms with van der Waals surface area (Å²) in [5, 5.41) is 11.7. The molecular weight excluding hydrogens is 445 g/mol. The molecule has 0 aliphatic carbocycles. The number of carbonyl (C=O) groups is 1. The van der Waals surface area contributed by atoms with Gasteiger partial charge in [-0.3, -0.25) is 14.6 Å². The number of nitriles is 1. The second-order valence-corrected chi connectivity index (χ2v) is 7.68. The van der Waals surface area contributed by atoms with Gasteiger partial charge in [0.25, 0.3) is 5.91 Å². The van der Waals surface area contributed by atoms with E-state index in [1.54, 1.807) is 42.7 Å². The largest absolute Gasteiger partial charge is 0.433 e. The SMILES string of the molecule is CCNC(=O)c1cn(C(CC)c2ccc(C#N)cc2)c(C)c(-c2ccnc(C(F)(F)F)c2)c1=O. The molecule has 1 N–H and O–H groups in total. The Kier molecular flexibility index (Phi) is 7.20. The molecule has 3 rings (SSSR count). The van der Waals surface area contributed by atoms with E-state index in [0.717, 1.165) is 17.8 Å². The van der Waals surface area contributed by atoms with Crippen molar-refractivity contribution in [3.8, 4) is 17.2 Å². The van der Waals surface area contributed by atoms with Gasteiger partial charge in [0, 0.05) is 30.2 Å². The Hall–Kier alpha value is -3.93. The summed E-state index contributed by atoms with van der Waals surface area (Å²) in [7, 11) is 0. The van der Waals surface area contributed by atoms with E-state index < -0.39 is 23.2 Å². The minimum absolute atomic E-state index is 0.00347. The number of benzene rings is 1. The van der Waals surface area contributed by atoms with Gasteiger partial charge in [0.2, 0.25) is 5.43 Å². The molecule has 9 heteroatoms. The minimum atomic E-state index is -4.69. The lowest BCUT2D eigenvalue weighted by molar-refractivity contribution is -0.141. The van der Waals surface area contributed by atoms with Crippen molar-refractivity contribution in [2.24, 2.45) is 0 Å². The van der Waals surface area contributed by atoms with Crippen molar-refractivity contribution >= 4 is 5.91 Å². The van der Waals surface area contributed by atoms with Crippen molar-refractivity contribution in [1.29, 1.82) is 5.26 Å². The molecule has 34 heavy (non-hydrogen) atoms. The van der Waals surface area contributed by atoms with Gasteiger partial charge in [-0.2, -0.15) is 18.4 Å². The van der Waals surface area contributed by atoms with E-state index in [2.05, 4.69) is 16.4 Å². The fourth-order valence-electron chi connectivity index (χ4n) is 3.92. The van der Waals surface area contributed by atoms with E-state index in [0.29, 0.717) is 17.7 Å². The van der Waals surface area contributed by atoms with Crippen LogP contribution in [-0.4, -0.2) is 22.0 Å². The molecule has 0 aliphatic heterocycles. The summed E-state index contributed by atoms with van der Waals surface area (Å²) in [5.41, 5.74) is -0.203. The molecule has 0 saturated heterocycles. The standard InChI is InChI=1S/C25H23F3N4O2/c1-4-20(17-8-6-16(13-29)7-9-17)32-14-19(24(34)30-5-2)23(33)22(15(32)3)18-10-11-31-21(12-18)25(26,27)28/h6-12,14,20H,4-5H2,1-3H3,(H,30,34). The van der Waals surface area contributed by atoms with Crippen LogP contribution in [0, 0.1) is 18.3 Å². The van der Waals surface area contributed by atoms with E-state index in [1.165, 1.54) is 12.3 Å². The van der Waals surface area contributed by atoms with Gasteiger partial charge in [0.15, 0.2) is 0 Å². The highest BCUT2D eigenvalue weighted by atomic mass is 19.4. The predicted molar refractivity (Wildman–Crippen MR) is 121 cm³/mol. The lowest BCUT2D eigenvalue weighted by atomic mass is 9.97. The Labute approximate surface area is 194 Å². The molecule has 1 atom stereocenters. The third kappa shape index (κ3) is 4.86. The van der Waals surface area contributed by atoms with Crippen LogP contribution in [0.5, 0.6) is 0 Å². The summed E-state index contributed by atoms with van der Waals surface area (Å²) in [4.78, 5) is 29.4. The Morgan fingerprint density at radius 3 is 2.44 bits per heavy atom. The Balaban J connectivity index is 2.31. The summed E-state index contributed by atoms with van der Waals surface area (Å²) in [6.07, 6.45) is -1.68. The summed E-state index contributed by atoms with van der Waals surface area (Å²) in [5.74, 6) is -0.609. The molecule has 0 fully saturated rings. The molecular formula is C25H23F3N4O2. The zero-order valence-corrected chi connectivity index (χ0v) is 18.9. The lowest BCUT2D eigenvalue weighted by Gasteiger charge is -2.25. The number of halogens is 3. The van der Waals surface area contributed by atoms with Crippen LogP contribution in [0.1, 0.15) is 59.2 Å². The molecule has 0 radical (unpaired) electrons. The first-order valence-electron chi connectivity index (χ1n) is 10.7. The smallest absolute Gasteiger partial charge is 0.352 e. The van der Waals surface area contributed by atoms with Crippen LogP contribution < -0.4 is 10.7 Å². The first-order valence-corrected chi connectivity index (χ1v) is 10.7. The third-order valence-corrected chi connectivity index (χ3v) is 5.56. The van der Waals surface area contributed by atoms with Gasteiger partial charge >= 0.3 is 6.18 Å². The number of hydrogen-bond acceptors (Lipinski definition) is 4. The molecule has 6 nitrogen and oxygen atoms in total. The van der Waals surface area contributed by atoms with Crippen molar-refractivity contribution in [2.45, 2.75) is 39.4 Å². The molecule has 3 aromatic rings. The van der Waals surface area contributed by atoms with Crippen LogP contribution >= 0.6 is 0 Å². The number of amides is 1. The van der Waals surface area contributed by atoms with Crippen LogP contribution in [0.15, 0.2) is 53.6 Å². The van der Waals surface area contributed by atoms with E-state index >= 15 is 0 Å². The fraction of sp³-hybridized carbons (Fsp3) is 0.280. The van der Waals surface area contributed by atoms with Crippen LogP contribution in [0.2, 0.25) is 0 Å². The quantitative estimate of drug-likeness (QED) is 0.560. The molecule has 176 valence electrons. The highest BCUT2D eigenvalue weighted by molar-refractivity contribution is 5.95. The highest BCUT2D eigenvalue weighted by Gasteiger charge is 2.33. The summed E-state index contributed by atoms with van der Waals surface area (Å²) < 4.78 is 41.6.